The van der Waals surface area contributed by atoms with E-state index in [0.29, 0.717) is 23.7 Å². The minimum Gasteiger partial charge on any atom is -0.494 e. The number of ether oxygens (including phenoxy) is 4. The zero-order valence-corrected chi connectivity index (χ0v) is 20.1. The van der Waals surface area contributed by atoms with Gasteiger partial charge in [-0.3, -0.25) is 0 Å². The van der Waals surface area contributed by atoms with Gasteiger partial charge in [-0.25, -0.2) is 9.59 Å². The van der Waals surface area contributed by atoms with Gasteiger partial charge in [0.1, 0.15) is 17.2 Å². The van der Waals surface area contributed by atoms with Gasteiger partial charge in [0.15, 0.2) is 6.10 Å². The Hall–Kier alpha value is -4.06. The number of methoxy groups -OCH3 is 1. The van der Waals surface area contributed by atoms with E-state index in [-0.39, 0.29) is 0 Å². The number of unbranched alkanes of at least 4 members (excludes halogenated alkanes) is 2. The van der Waals surface area contributed by atoms with Crippen LogP contribution in [0, 0.1) is 0 Å². The maximum absolute atomic E-state index is 12.5. The highest BCUT2D eigenvalue weighted by Gasteiger charge is 2.14. The second-order valence-electron chi connectivity index (χ2n) is 7.88. The van der Waals surface area contributed by atoms with E-state index < -0.39 is 18.0 Å². The maximum atomic E-state index is 12.5. The summed E-state index contributed by atoms with van der Waals surface area (Å²) in [5, 5.41) is 0. The molecule has 0 N–H and O–H groups in total. The summed E-state index contributed by atoms with van der Waals surface area (Å²) in [6.45, 7) is 5.97. The quantitative estimate of drug-likeness (QED) is 0.134. The molecular weight excluding hydrogens is 444 g/mol. The van der Waals surface area contributed by atoms with E-state index in [4.69, 9.17) is 14.2 Å². The average Bonchev–Trinajstić information content (AvgIpc) is 2.89. The molecule has 6 heteroatoms. The zero-order valence-electron chi connectivity index (χ0n) is 20.1. The second-order valence-corrected chi connectivity index (χ2v) is 7.88. The summed E-state index contributed by atoms with van der Waals surface area (Å²) in [6, 6.07) is 21.5. The van der Waals surface area contributed by atoms with Crippen LogP contribution >= 0.6 is 0 Å². The van der Waals surface area contributed by atoms with Crippen molar-refractivity contribution < 1.29 is 28.5 Å². The van der Waals surface area contributed by atoms with E-state index in [2.05, 4.69) is 11.3 Å². The molecule has 0 aliphatic heterocycles. The Morgan fingerprint density at radius 3 is 1.97 bits per heavy atom. The van der Waals surface area contributed by atoms with Crippen LogP contribution in [0.2, 0.25) is 0 Å². The minimum absolute atomic E-state index is 0.432. The predicted molar refractivity (Wildman–Crippen MR) is 135 cm³/mol. The molecule has 0 radical (unpaired) electrons. The standard InChI is InChI=1S/C29H30O6/c1-4-5-6-7-20-33-25-14-12-24(13-15-25)29(31)35-27-18-10-23(11-19-27)22-8-16-26(17-9-22)34-21(2)28(30)32-3/h4,8-19,21H,1,5-7,20H2,2-3H3. The molecule has 182 valence electrons. The molecule has 35 heavy (non-hydrogen) atoms. The first kappa shape index (κ1) is 25.6. The molecule has 1 unspecified atom stereocenters. The number of rotatable bonds is 12. The second kappa shape index (κ2) is 13.0. The summed E-state index contributed by atoms with van der Waals surface area (Å²) in [7, 11) is 1.33. The van der Waals surface area contributed by atoms with Crippen molar-refractivity contribution in [3.05, 3.63) is 91.0 Å². The topological polar surface area (TPSA) is 71.1 Å². The number of esters is 2. The van der Waals surface area contributed by atoms with Gasteiger partial charge in [0.2, 0.25) is 0 Å². The van der Waals surface area contributed by atoms with Gasteiger partial charge in [-0.15, -0.1) is 6.58 Å². The van der Waals surface area contributed by atoms with E-state index in [9.17, 15) is 9.59 Å². The molecule has 1 atom stereocenters. The van der Waals surface area contributed by atoms with Crippen molar-refractivity contribution >= 4 is 11.9 Å². The monoisotopic (exact) mass is 474 g/mol. The summed E-state index contributed by atoms with van der Waals surface area (Å²) in [5.74, 6) is 0.880. The average molecular weight is 475 g/mol. The molecule has 3 aromatic carbocycles. The Morgan fingerprint density at radius 1 is 0.829 bits per heavy atom. The number of benzene rings is 3. The number of hydrogen-bond donors (Lipinski definition) is 0. The van der Waals surface area contributed by atoms with Crippen LogP contribution in [0.25, 0.3) is 11.1 Å². The van der Waals surface area contributed by atoms with E-state index in [1.807, 2.05) is 30.3 Å². The number of hydrogen-bond acceptors (Lipinski definition) is 6. The fourth-order valence-corrected chi connectivity index (χ4v) is 3.29. The molecule has 3 aromatic rings. The number of allylic oxidation sites excluding steroid dienone is 1. The highest BCUT2D eigenvalue weighted by Crippen LogP contribution is 2.25. The molecule has 0 aliphatic rings. The first-order valence-corrected chi connectivity index (χ1v) is 11.5. The first-order chi connectivity index (χ1) is 17.0. The summed E-state index contributed by atoms with van der Waals surface area (Å²) in [5.41, 5.74) is 2.36. The molecule has 0 aliphatic carbocycles. The van der Waals surface area contributed by atoms with Crippen LogP contribution in [0.5, 0.6) is 17.2 Å². The largest absolute Gasteiger partial charge is 0.494 e. The van der Waals surface area contributed by atoms with Crippen LogP contribution in [0.1, 0.15) is 36.5 Å². The van der Waals surface area contributed by atoms with E-state index >= 15 is 0 Å². The van der Waals surface area contributed by atoms with Crippen LogP contribution in [0.3, 0.4) is 0 Å². The minimum atomic E-state index is -0.684. The van der Waals surface area contributed by atoms with Crippen molar-refractivity contribution in [2.45, 2.75) is 32.3 Å². The Balaban J connectivity index is 1.53. The van der Waals surface area contributed by atoms with Crippen molar-refractivity contribution in [1.82, 2.24) is 0 Å². The summed E-state index contributed by atoms with van der Waals surface area (Å²) in [6.07, 6.45) is 4.20. The van der Waals surface area contributed by atoms with Gasteiger partial charge >= 0.3 is 11.9 Å². The third kappa shape index (κ3) is 7.74. The summed E-state index contributed by atoms with van der Waals surface area (Å²) in [4.78, 5) is 24.0. The lowest BCUT2D eigenvalue weighted by molar-refractivity contribution is -0.147. The van der Waals surface area contributed by atoms with Gasteiger partial charge in [0.25, 0.3) is 0 Å². The van der Waals surface area contributed by atoms with Crippen molar-refractivity contribution in [1.29, 1.82) is 0 Å². The van der Waals surface area contributed by atoms with Crippen molar-refractivity contribution in [2.24, 2.45) is 0 Å². The molecule has 6 nitrogen and oxygen atoms in total. The third-order valence-electron chi connectivity index (χ3n) is 5.26. The van der Waals surface area contributed by atoms with Crippen molar-refractivity contribution in [2.75, 3.05) is 13.7 Å². The lowest BCUT2D eigenvalue weighted by Crippen LogP contribution is -2.24. The highest BCUT2D eigenvalue weighted by atomic mass is 16.6. The van der Waals surface area contributed by atoms with Gasteiger partial charge in [-0.05, 0) is 85.8 Å². The smallest absolute Gasteiger partial charge is 0.346 e. The van der Waals surface area contributed by atoms with E-state index in [1.165, 1.54) is 7.11 Å². The summed E-state index contributed by atoms with van der Waals surface area (Å²) >= 11 is 0. The molecule has 3 rings (SSSR count). The van der Waals surface area contributed by atoms with E-state index in [1.54, 1.807) is 55.5 Å². The van der Waals surface area contributed by atoms with Gasteiger partial charge in [-0.1, -0.05) is 30.3 Å². The number of carbonyl (C=O) groups excluding carboxylic acids is 2. The molecule has 0 heterocycles. The van der Waals surface area contributed by atoms with E-state index in [0.717, 1.165) is 36.1 Å². The summed E-state index contributed by atoms with van der Waals surface area (Å²) < 4.78 is 21.4. The Labute approximate surface area is 206 Å². The normalized spacial score (nSPS) is 11.3. The Morgan fingerprint density at radius 2 is 1.40 bits per heavy atom. The van der Waals surface area contributed by atoms with Crippen molar-refractivity contribution in [3.63, 3.8) is 0 Å². The number of carbonyl (C=O) groups is 2. The van der Waals surface area contributed by atoms with Gasteiger partial charge in [0, 0.05) is 0 Å². The molecule has 0 saturated carbocycles. The molecule has 0 aromatic heterocycles. The maximum Gasteiger partial charge on any atom is 0.346 e. The molecule has 0 bridgehead atoms. The molecule has 0 fully saturated rings. The van der Waals surface area contributed by atoms with Crippen molar-refractivity contribution in [3.8, 4) is 28.4 Å². The zero-order chi connectivity index (χ0) is 25.0. The van der Waals surface area contributed by atoms with Gasteiger partial charge < -0.3 is 18.9 Å². The van der Waals surface area contributed by atoms with Crippen LogP contribution in [-0.2, 0) is 9.53 Å². The first-order valence-electron chi connectivity index (χ1n) is 11.5. The fraction of sp³-hybridized carbons (Fsp3) is 0.241. The fourth-order valence-electron chi connectivity index (χ4n) is 3.29. The van der Waals surface area contributed by atoms with Crippen LogP contribution in [-0.4, -0.2) is 31.8 Å². The Bertz CT molecular complexity index is 1100. The highest BCUT2D eigenvalue weighted by molar-refractivity contribution is 5.91. The van der Waals surface area contributed by atoms with Gasteiger partial charge in [0.05, 0.1) is 19.3 Å². The predicted octanol–water partition coefficient (Wildman–Crippen LogP) is 6.25. The van der Waals surface area contributed by atoms with Crippen LogP contribution < -0.4 is 14.2 Å². The lowest BCUT2D eigenvalue weighted by Gasteiger charge is -2.12. The molecule has 0 amide bonds. The third-order valence-corrected chi connectivity index (χ3v) is 5.26. The molecular formula is C29H30O6. The molecule has 0 saturated heterocycles. The Kier molecular flexibility index (Phi) is 9.49. The van der Waals surface area contributed by atoms with Crippen LogP contribution in [0.15, 0.2) is 85.5 Å². The van der Waals surface area contributed by atoms with Gasteiger partial charge in [-0.2, -0.15) is 0 Å². The SMILES string of the molecule is C=CCCCCOc1ccc(C(=O)Oc2ccc(-c3ccc(OC(C)C(=O)OC)cc3)cc2)cc1. The molecule has 0 spiro atoms. The van der Waals surface area contributed by atoms with Crippen LogP contribution in [0.4, 0.5) is 0 Å². The lowest BCUT2D eigenvalue weighted by atomic mass is 10.1.